The number of hydrogen-bond donors (Lipinski definition) is 1. The van der Waals surface area contributed by atoms with Gasteiger partial charge in [0, 0.05) is 27.8 Å². The highest BCUT2D eigenvalue weighted by atomic mass is 35.5. The molecule has 25 heavy (non-hydrogen) atoms. The molecule has 0 fully saturated rings. The maximum absolute atomic E-state index is 12.3. The van der Waals surface area contributed by atoms with Crippen LogP contribution in [0.1, 0.15) is 12.5 Å². The Morgan fingerprint density at radius 2 is 1.88 bits per heavy atom. The van der Waals surface area contributed by atoms with Crippen molar-refractivity contribution >= 4 is 34.8 Å². The molecule has 0 aliphatic carbocycles. The lowest BCUT2D eigenvalue weighted by Gasteiger charge is -2.10. The molecule has 0 radical (unpaired) electrons. The van der Waals surface area contributed by atoms with Crippen molar-refractivity contribution in [3.05, 3.63) is 64.4 Å². The number of carbonyl (C=O) groups excluding carboxylic acids is 1. The molecule has 3 aromatic rings. The number of amides is 1. The van der Waals surface area contributed by atoms with Gasteiger partial charge in [0.05, 0.1) is 6.42 Å². The van der Waals surface area contributed by atoms with Crippen LogP contribution in [0.5, 0.6) is 0 Å². The monoisotopic (exact) mass is 374 g/mol. The van der Waals surface area contributed by atoms with Crippen LogP contribution in [0.15, 0.2) is 48.8 Å². The number of nitrogens with zero attached hydrogens (tertiary/aromatic N) is 3. The number of nitrogens with one attached hydrogen (secondary N) is 1. The van der Waals surface area contributed by atoms with Gasteiger partial charge in [0.25, 0.3) is 0 Å². The molecule has 0 atom stereocenters. The number of hydrogen-bond acceptors (Lipinski definition) is 3. The molecule has 1 N–H and O–H groups in total. The third kappa shape index (κ3) is 4.00. The zero-order chi connectivity index (χ0) is 17.8. The highest BCUT2D eigenvalue weighted by Gasteiger charge is 2.12. The van der Waals surface area contributed by atoms with Crippen LogP contribution in [0, 0.1) is 0 Å². The quantitative estimate of drug-likeness (QED) is 0.717. The summed E-state index contributed by atoms with van der Waals surface area (Å²) in [5, 5.41) is 11.9. The summed E-state index contributed by atoms with van der Waals surface area (Å²) in [6.45, 7) is 2.79. The molecule has 0 bridgehead atoms. The van der Waals surface area contributed by atoms with Crippen LogP contribution in [-0.4, -0.2) is 20.7 Å². The van der Waals surface area contributed by atoms with Crippen LogP contribution in [0.3, 0.4) is 0 Å². The molecule has 1 aromatic heterocycles. The Morgan fingerprint density at radius 1 is 1.16 bits per heavy atom. The zero-order valence-corrected chi connectivity index (χ0v) is 15.1. The summed E-state index contributed by atoms with van der Waals surface area (Å²) in [5.41, 5.74) is 2.18. The second-order valence-corrected chi connectivity index (χ2v) is 6.26. The normalized spacial score (nSPS) is 10.7. The van der Waals surface area contributed by atoms with Crippen LogP contribution in [0.25, 0.3) is 11.4 Å². The Labute approximate surface area is 155 Å². The van der Waals surface area contributed by atoms with E-state index in [1.807, 2.05) is 35.8 Å². The summed E-state index contributed by atoms with van der Waals surface area (Å²) in [4.78, 5) is 12.3. The van der Waals surface area contributed by atoms with Crippen LogP contribution in [-0.2, 0) is 17.8 Å². The second-order valence-electron chi connectivity index (χ2n) is 5.45. The van der Waals surface area contributed by atoms with E-state index in [0.717, 1.165) is 17.9 Å². The third-order valence-corrected chi connectivity index (χ3v) is 4.47. The Bertz CT molecular complexity index is 887. The van der Waals surface area contributed by atoms with Crippen molar-refractivity contribution in [1.29, 1.82) is 0 Å². The standard InChI is InChI=1S/C18H16Cl2N4O/c1-2-24-11-21-23-18(24)12-5-3-6-13(9-12)22-17(25)10-14-15(19)7-4-8-16(14)20/h3-9,11H,2,10H2,1H3,(H,22,25). The van der Waals surface area contributed by atoms with Gasteiger partial charge in [-0.25, -0.2) is 0 Å². The minimum atomic E-state index is -0.191. The van der Waals surface area contributed by atoms with E-state index in [1.54, 1.807) is 24.5 Å². The van der Waals surface area contributed by atoms with Crippen molar-refractivity contribution in [2.75, 3.05) is 5.32 Å². The average Bonchev–Trinajstić information content (AvgIpc) is 3.07. The molecular weight excluding hydrogens is 359 g/mol. The molecule has 0 spiro atoms. The fraction of sp³-hybridized carbons (Fsp3) is 0.167. The van der Waals surface area contributed by atoms with Crippen molar-refractivity contribution in [2.45, 2.75) is 19.9 Å². The van der Waals surface area contributed by atoms with Gasteiger partial charge in [0.15, 0.2) is 5.82 Å². The number of rotatable bonds is 5. The van der Waals surface area contributed by atoms with E-state index in [4.69, 9.17) is 23.2 Å². The predicted octanol–water partition coefficient (Wildman–Crippen LogP) is 4.45. The molecule has 0 saturated heterocycles. The molecule has 0 saturated carbocycles. The summed E-state index contributed by atoms with van der Waals surface area (Å²) < 4.78 is 1.93. The molecule has 0 unspecified atom stereocenters. The average molecular weight is 375 g/mol. The molecule has 128 valence electrons. The SMILES string of the molecule is CCn1cnnc1-c1cccc(NC(=O)Cc2c(Cl)cccc2Cl)c1. The molecular formula is C18H16Cl2N4O. The Hall–Kier alpha value is -2.37. The number of aromatic nitrogens is 3. The van der Waals surface area contributed by atoms with Crippen molar-refractivity contribution in [3.63, 3.8) is 0 Å². The van der Waals surface area contributed by atoms with Gasteiger partial charge in [-0.15, -0.1) is 10.2 Å². The maximum Gasteiger partial charge on any atom is 0.228 e. The van der Waals surface area contributed by atoms with E-state index in [9.17, 15) is 4.79 Å². The molecule has 0 aliphatic rings. The van der Waals surface area contributed by atoms with Gasteiger partial charge in [-0.2, -0.15) is 0 Å². The van der Waals surface area contributed by atoms with Gasteiger partial charge in [-0.1, -0.05) is 41.4 Å². The summed E-state index contributed by atoms with van der Waals surface area (Å²) in [6, 6.07) is 12.7. The fourth-order valence-electron chi connectivity index (χ4n) is 2.51. The van der Waals surface area contributed by atoms with E-state index < -0.39 is 0 Å². The van der Waals surface area contributed by atoms with E-state index >= 15 is 0 Å². The van der Waals surface area contributed by atoms with Crippen LogP contribution in [0.2, 0.25) is 10.0 Å². The Morgan fingerprint density at radius 3 is 2.60 bits per heavy atom. The molecule has 3 rings (SSSR count). The van der Waals surface area contributed by atoms with Crippen LogP contribution >= 0.6 is 23.2 Å². The number of halogens is 2. The third-order valence-electron chi connectivity index (χ3n) is 3.76. The highest BCUT2D eigenvalue weighted by Crippen LogP contribution is 2.25. The number of anilines is 1. The fourth-order valence-corrected chi connectivity index (χ4v) is 3.04. The first-order chi connectivity index (χ1) is 12.1. The summed E-state index contributed by atoms with van der Waals surface area (Å²) in [7, 11) is 0. The molecule has 0 aliphatic heterocycles. The Kier molecular flexibility index (Phi) is 5.36. The summed E-state index contributed by atoms with van der Waals surface area (Å²) in [5.74, 6) is 0.567. The zero-order valence-electron chi connectivity index (χ0n) is 13.5. The lowest BCUT2D eigenvalue weighted by atomic mass is 10.1. The van der Waals surface area contributed by atoms with Gasteiger partial charge in [0.2, 0.25) is 5.91 Å². The minimum Gasteiger partial charge on any atom is -0.326 e. The van der Waals surface area contributed by atoms with Crippen molar-refractivity contribution in [2.24, 2.45) is 0 Å². The topological polar surface area (TPSA) is 59.8 Å². The molecule has 7 heteroatoms. The number of aryl methyl sites for hydroxylation is 1. The van der Waals surface area contributed by atoms with Gasteiger partial charge < -0.3 is 9.88 Å². The first-order valence-electron chi connectivity index (χ1n) is 7.79. The molecule has 1 amide bonds. The van der Waals surface area contributed by atoms with Crippen molar-refractivity contribution in [3.8, 4) is 11.4 Å². The van der Waals surface area contributed by atoms with Crippen LogP contribution < -0.4 is 5.32 Å². The van der Waals surface area contributed by atoms with Crippen molar-refractivity contribution < 1.29 is 4.79 Å². The first kappa shape index (κ1) is 17.5. The van der Waals surface area contributed by atoms with Gasteiger partial charge >= 0.3 is 0 Å². The van der Waals surface area contributed by atoms with Gasteiger partial charge in [-0.05, 0) is 36.8 Å². The second kappa shape index (κ2) is 7.68. The van der Waals surface area contributed by atoms with Gasteiger partial charge in [0.1, 0.15) is 6.33 Å². The largest absolute Gasteiger partial charge is 0.326 e. The predicted molar refractivity (Wildman–Crippen MR) is 99.9 cm³/mol. The molecule has 1 heterocycles. The van der Waals surface area contributed by atoms with E-state index in [2.05, 4.69) is 15.5 Å². The smallest absolute Gasteiger partial charge is 0.228 e. The van der Waals surface area contributed by atoms with Gasteiger partial charge in [-0.3, -0.25) is 4.79 Å². The lowest BCUT2D eigenvalue weighted by molar-refractivity contribution is -0.115. The van der Waals surface area contributed by atoms with Crippen LogP contribution in [0.4, 0.5) is 5.69 Å². The number of benzene rings is 2. The Balaban J connectivity index is 1.77. The first-order valence-corrected chi connectivity index (χ1v) is 8.55. The summed E-state index contributed by atoms with van der Waals surface area (Å²) in [6.07, 6.45) is 1.79. The lowest BCUT2D eigenvalue weighted by Crippen LogP contribution is -2.15. The van der Waals surface area contributed by atoms with Crippen molar-refractivity contribution in [1.82, 2.24) is 14.8 Å². The maximum atomic E-state index is 12.3. The summed E-state index contributed by atoms with van der Waals surface area (Å²) >= 11 is 12.2. The highest BCUT2D eigenvalue weighted by molar-refractivity contribution is 6.36. The number of carbonyl (C=O) groups is 1. The molecule has 2 aromatic carbocycles. The van der Waals surface area contributed by atoms with E-state index in [0.29, 0.717) is 21.3 Å². The molecule has 5 nitrogen and oxygen atoms in total. The van der Waals surface area contributed by atoms with E-state index in [-0.39, 0.29) is 12.3 Å². The minimum absolute atomic E-state index is 0.105. The van der Waals surface area contributed by atoms with E-state index in [1.165, 1.54) is 0 Å².